The van der Waals surface area contributed by atoms with Gasteiger partial charge in [0.15, 0.2) is 11.5 Å². The molecule has 1 aliphatic rings. The number of carbonyl (C=O) groups excluding carboxylic acids is 2. The lowest BCUT2D eigenvalue weighted by Crippen LogP contribution is -2.27. The van der Waals surface area contributed by atoms with Crippen molar-refractivity contribution in [1.29, 1.82) is 0 Å². The van der Waals surface area contributed by atoms with Crippen molar-refractivity contribution < 1.29 is 19.1 Å². The topological polar surface area (TPSA) is 55.8 Å². The Balaban J connectivity index is 1.49. The fourth-order valence-corrected chi connectivity index (χ4v) is 4.63. The molecular formula is C26H21ClINO4S. The van der Waals surface area contributed by atoms with Gasteiger partial charge in [0.2, 0.25) is 0 Å². The fourth-order valence-electron chi connectivity index (χ4n) is 3.30. The summed E-state index contributed by atoms with van der Waals surface area (Å²) in [4.78, 5) is 27.0. The molecule has 174 valence electrons. The number of imide groups is 1. The van der Waals surface area contributed by atoms with Crippen LogP contribution in [0.4, 0.5) is 4.79 Å². The molecule has 3 aromatic carbocycles. The van der Waals surface area contributed by atoms with E-state index in [1.54, 1.807) is 6.08 Å². The first-order valence-corrected chi connectivity index (χ1v) is 12.8. The molecule has 0 bridgehead atoms. The van der Waals surface area contributed by atoms with Crippen LogP contribution in [-0.4, -0.2) is 22.7 Å². The van der Waals surface area contributed by atoms with Crippen LogP contribution in [0.2, 0.25) is 5.02 Å². The van der Waals surface area contributed by atoms with E-state index in [0.717, 1.165) is 32.0 Å². The van der Waals surface area contributed by atoms with Crippen LogP contribution in [0.3, 0.4) is 0 Å². The number of nitrogens with zero attached hydrogens (tertiary/aromatic N) is 1. The molecule has 4 rings (SSSR count). The molecule has 1 fully saturated rings. The second-order valence-corrected chi connectivity index (χ2v) is 10.1. The lowest BCUT2D eigenvalue weighted by Gasteiger charge is -2.13. The molecule has 5 nitrogen and oxygen atoms in total. The predicted octanol–water partition coefficient (Wildman–Crippen LogP) is 7.16. The third-order valence-corrected chi connectivity index (χ3v) is 6.88. The monoisotopic (exact) mass is 605 g/mol. The predicted molar refractivity (Wildman–Crippen MR) is 144 cm³/mol. The molecule has 0 aromatic heterocycles. The van der Waals surface area contributed by atoms with Crippen LogP contribution in [0.15, 0.2) is 71.6 Å². The number of ether oxygens (including phenoxy) is 2. The molecule has 8 heteroatoms. The minimum Gasteiger partial charge on any atom is -0.490 e. The third-order valence-electron chi connectivity index (χ3n) is 5.00. The Kier molecular flexibility index (Phi) is 8.18. The van der Waals surface area contributed by atoms with Crippen LogP contribution in [0.1, 0.15) is 23.6 Å². The SMILES string of the molecule is CCOc1cc(/C=C2/SC(=O)N(Cc3ccc(I)cc3)C2=O)ccc1OCc1ccc(Cl)cc1. The molecule has 0 aliphatic carbocycles. The fraction of sp³-hybridized carbons (Fsp3) is 0.154. The lowest BCUT2D eigenvalue weighted by atomic mass is 10.1. The summed E-state index contributed by atoms with van der Waals surface area (Å²) in [5.74, 6) is 0.874. The van der Waals surface area contributed by atoms with Gasteiger partial charge in [-0.15, -0.1) is 0 Å². The van der Waals surface area contributed by atoms with Gasteiger partial charge in [-0.25, -0.2) is 0 Å². The lowest BCUT2D eigenvalue weighted by molar-refractivity contribution is -0.123. The van der Waals surface area contributed by atoms with Gasteiger partial charge in [0.05, 0.1) is 18.1 Å². The number of carbonyl (C=O) groups is 2. The van der Waals surface area contributed by atoms with E-state index in [-0.39, 0.29) is 17.7 Å². The number of thioether (sulfide) groups is 1. The van der Waals surface area contributed by atoms with Gasteiger partial charge in [0.25, 0.3) is 11.1 Å². The average molecular weight is 606 g/mol. The van der Waals surface area contributed by atoms with E-state index in [1.165, 1.54) is 4.90 Å². The minimum absolute atomic E-state index is 0.251. The Morgan fingerprint density at radius 2 is 1.65 bits per heavy atom. The minimum atomic E-state index is -0.297. The standard InChI is InChI=1S/C26H21ClINO4S/c1-2-32-23-13-19(7-12-22(23)33-16-18-3-8-20(27)9-4-18)14-24-25(30)29(26(31)34-24)15-17-5-10-21(28)11-6-17/h3-14H,2,15-16H2,1H3/b24-14+. The normalized spacial score (nSPS) is 14.7. The van der Waals surface area contributed by atoms with Crippen molar-refractivity contribution in [3.05, 3.63) is 96.9 Å². The smallest absolute Gasteiger partial charge is 0.293 e. The zero-order chi connectivity index (χ0) is 24.1. The summed E-state index contributed by atoms with van der Waals surface area (Å²) in [6.07, 6.45) is 1.71. The van der Waals surface area contributed by atoms with Crippen molar-refractivity contribution in [1.82, 2.24) is 4.90 Å². The summed E-state index contributed by atoms with van der Waals surface area (Å²) in [5, 5.41) is 0.397. The Morgan fingerprint density at radius 1 is 0.941 bits per heavy atom. The molecule has 0 saturated carbocycles. The highest BCUT2D eigenvalue weighted by molar-refractivity contribution is 14.1. The first-order chi connectivity index (χ1) is 16.4. The van der Waals surface area contributed by atoms with Gasteiger partial charge < -0.3 is 9.47 Å². The van der Waals surface area contributed by atoms with Crippen LogP contribution in [0.5, 0.6) is 11.5 Å². The van der Waals surface area contributed by atoms with E-state index in [0.29, 0.717) is 34.6 Å². The number of rotatable bonds is 8. The van der Waals surface area contributed by atoms with Crippen molar-refractivity contribution in [2.45, 2.75) is 20.1 Å². The van der Waals surface area contributed by atoms with Gasteiger partial charge in [0, 0.05) is 8.59 Å². The maximum atomic E-state index is 12.9. The number of halogens is 2. The summed E-state index contributed by atoms with van der Waals surface area (Å²) >= 11 is 9.11. The van der Waals surface area contributed by atoms with Crippen molar-refractivity contribution in [3.63, 3.8) is 0 Å². The largest absolute Gasteiger partial charge is 0.490 e. The van der Waals surface area contributed by atoms with Crippen LogP contribution < -0.4 is 9.47 Å². The highest BCUT2D eigenvalue weighted by atomic mass is 127. The van der Waals surface area contributed by atoms with E-state index in [4.69, 9.17) is 21.1 Å². The van der Waals surface area contributed by atoms with Crippen molar-refractivity contribution in [3.8, 4) is 11.5 Å². The molecule has 3 aromatic rings. The Bertz CT molecular complexity index is 1230. The molecule has 1 aliphatic heterocycles. The first kappa shape index (κ1) is 24.6. The van der Waals surface area contributed by atoms with Crippen LogP contribution in [0, 0.1) is 3.57 Å². The highest BCUT2D eigenvalue weighted by Crippen LogP contribution is 2.35. The molecule has 2 amide bonds. The van der Waals surface area contributed by atoms with E-state index in [2.05, 4.69) is 22.6 Å². The van der Waals surface area contributed by atoms with Crippen LogP contribution in [-0.2, 0) is 17.9 Å². The molecule has 0 spiro atoms. The molecule has 0 unspecified atom stereocenters. The van der Waals surface area contributed by atoms with Gasteiger partial charge in [-0.3, -0.25) is 14.5 Å². The summed E-state index contributed by atoms with van der Waals surface area (Å²) in [7, 11) is 0. The summed E-state index contributed by atoms with van der Waals surface area (Å²) in [5.41, 5.74) is 2.64. The van der Waals surface area contributed by atoms with E-state index < -0.39 is 0 Å². The van der Waals surface area contributed by atoms with E-state index >= 15 is 0 Å². The molecule has 34 heavy (non-hydrogen) atoms. The number of hydrogen-bond donors (Lipinski definition) is 0. The van der Waals surface area contributed by atoms with Gasteiger partial charge in [-0.2, -0.15) is 0 Å². The Labute approximate surface area is 221 Å². The van der Waals surface area contributed by atoms with E-state index in [1.807, 2.05) is 73.7 Å². The first-order valence-electron chi connectivity index (χ1n) is 10.6. The van der Waals surface area contributed by atoms with Crippen molar-refractivity contribution in [2.75, 3.05) is 6.61 Å². The Morgan fingerprint density at radius 3 is 2.35 bits per heavy atom. The summed E-state index contributed by atoms with van der Waals surface area (Å²) in [6.45, 7) is 2.98. The molecule has 1 heterocycles. The number of benzene rings is 3. The molecule has 0 radical (unpaired) electrons. The maximum Gasteiger partial charge on any atom is 0.293 e. The summed E-state index contributed by atoms with van der Waals surface area (Å²) < 4.78 is 12.8. The van der Waals surface area contributed by atoms with Gasteiger partial charge in [-0.1, -0.05) is 41.9 Å². The molecule has 0 N–H and O–H groups in total. The molecule has 0 atom stereocenters. The van der Waals surface area contributed by atoms with Crippen molar-refractivity contribution >= 4 is 63.2 Å². The molecular weight excluding hydrogens is 585 g/mol. The van der Waals surface area contributed by atoms with Gasteiger partial charge >= 0.3 is 0 Å². The zero-order valence-corrected chi connectivity index (χ0v) is 22.0. The van der Waals surface area contributed by atoms with Crippen molar-refractivity contribution in [2.24, 2.45) is 0 Å². The van der Waals surface area contributed by atoms with Crippen LogP contribution >= 0.6 is 46.0 Å². The number of hydrogen-bond acceptors (Lipinski definition) is 5. The van der Waals surface area contributed by atoms with Crippen LogP contribution in [0.25, 0.3) is 6.08 Å². The third kappa shape index (κ3) is 6.14. The average Bonchev–Trinajstić information content (AvgIpc) is 3.08. The quantitative estimate of drug-likeness (QED) is 0.202. The van der Waals surface area contributed by atoms with E-state index in [9.17, 15) is 9.59 Å². The second kappa shape index (κ2) is 11.3. The zero-order valence-electron chi connectivity index (χ0n) is 18.3. The molecule has 1 saturated heterocycles. The number of amides is 2. The summed E-state index contributed by atoms with van der Waals surface area (Å²) in [6, 6.07) is 20.7. The van der Waals surface area contributed by atoms with Gasteiger partial charge in [-0.05, 0) is 100 Å². The highest BCUT2D eigenvalue weighted by Gasteiger charge is 2.35. The van der Waals surface area contributed by atoms with Gasteiger partial charge in [0.1, 0.15) is 6.61 Å². The maximum absolute atomic E-state index is 12.9. The Hall–Kier alpha value is -2.49. The second-order valence-electron chi connectivity index (χ2n) is 7.45.